The molecule has 0 saturated carbocycles. The molecule has 0 bridgehead atoms. The topological polar surface area (TPSA) is 51.0 Å². The normalized spacial score (nSPS) is 13.9. The lowest BCUT2D eigenvalue weighted by molar-refractivity contribution is 0.462. The molecule has 1 aromatic carbocycles. The Morgan fingerprint density at radius 3 is 2.45 bits per heavy atom. The molecular formula is C16H23N3O. The molecule has 0 fully saturated rings. The van der Waals surface area contributed by atoms with E-state index in [2.05, 4.69) is 48.4 Å². The highest BCUT2D eigenvalue weighted by atomic mass is 16.4. The van der Waals surface area contributed by atoms with Crippen LogP contribution in [0.3, 0.4) is 0 Å². The Bertz CT molecular complexity index is 493. The van der Waals surface area contributed by atoms with Crippen molar-refractivity contribution in [3.63, 3.8) is 0 Å². The van der Waals surface area contributed by atoms with Crippen molar-refractivity contribution < 1.29 is 4.42 Å². The molecule has 4 heteroatoms. The van der Waals surface area contributed by atoms with Gasteiger partial charge in [-0.1, -0.05) is 27.2 Å². The van der Waals surface area contributed by atoms with Gasteiger partial charge in [0.2, 0.25) is 12.3 Å². The van der Waals surface area contributed by atoms with Crippen molar-refractivity contribution in [2.45, 2.75) is 46.1 Å². The van der Waals surface area contributed by atoms with Crippen molar-refractivity contribution in [1.82, 2.24) is 10.2 Å². The van der Waals surface area contributed by atoms with Gasteiger partial charge in [0.1, 0.15) is 0 Å². The summed E-state index contributed by atoms with van der Waals surface area (Å²) in [6.07, 6.45) is 4.92. The quantitative estimate of drug-likeness (QED) is 0.814. The molecule has 2 atom stereocenters. The Labute approximate surface area is 120 Å². The van der Waals surface area contributed by atoms with Gasteiger partial charge in [0.25, 0.3) is 0 Å². The first-order valence-electron chi connectivity index (χ1n) is 7.36. The highest BCUT2D eigenvalue weighted by molar-refractivity contribution is 5.58. The molecule has 2 unspecified atom stereocenters. The minimum Gasteiger partial charge on any atom is -0.423 e. The summed E-state index contributed by atoms with van der Waals surface area (Å²) in [5.41, 5.74) is 2.09. The highest BCUT2D eigenvalue weighted by Crippen LogP contribution is 2.21. The molecule has 108 valence electrons. The minimum absolute atomic E-state index is 0.527. The number of benzene rings is 1. The Balaban J connectivity index is 1.99. The van der Waals surface area contributed by atoms with E-state index in [1.807, 2.05) is 12.1 Å². The van der Waals surface area contributed by atoms with Gasteiger partial charge < -0.3 is 9.73 Å². The van der Waals surface area contributed by atoms with E-state index < -0.39 is 0 Å². The fourth-order valence-electron chi connectivity index (χ4n) is 2.22. The first kappa shape index (κ1) is 14.6. The van der Waals surface area contributed by atoms with Gasteiger partial charge in [-0.2, -0.15) is 0 Å². The summed E-state index contributed by atoms with van der Waals surface area (Å²) in [4.78, 5) is 0. The van der Waals surface area contributed by atoms with Crippen LogP contribution in [-0.4, -0.2) is 16.2 Å². The summed E-state index contributed by atoms with van der Waals surface area (Å²) in [7, 11) is 0. The summed E-state index contributed by atoms with van der Waals surface area (Å²) in [5.74, 6) is 1.31. The van der Waals surface area contributed by atoms with E-state index in [1.54, 1.807) is 0 Å². The summed E-state index contributed by atoms with van der Waals surface area (Å²) in [6.45, 7) is 6.78. The predicted molar refractivity (Wildman–Crippen MR) is 81.5 cm³/mol. The van der Waals surface area contributed by atoms with Crippen LogP contribution < -0.4 is 5.32 Å². The molecule has 0 radical (unpaired) electrons. The Morgan fingerprint density at radius 1 is 1.15 bits per heavy atom. The molecule has 2 aromatic rings. The van der Waals surface area contributed by atoms with Crippen LogP contribution in [0.2, 0.25) is 0 Å². The van der Waals surface area contributed by atoms with Crippen molar-refractivity contribution in [2.75, 3.05) is 5.32 Å². The lowest BCUT2D eigenvalue weighted by atomic mass is 9.97. The zero-order chi connectivity index (χ0) is 14.4. The average molecular weight is 273 g/mol. The molecule has 0 spiro atoms. The second kappa shape index (κ2) is 7.08. The van der Waals surface area contributed by atoms with Gasteiger partial charge >= 0.3 is 0 Å². The van der Waals surface area contributed by atoms with Gasteiger partial charge in [0.05, 0.1) is 0 Å². The first-order chi connectivity index (χ1) is 9.72. The average Bonchev–Trinajstić information content (AvgIpc) is 3.01. The van der Waals surface area contributed by atoms with Crippen molar-refractivity contribution in [3.05, 3.63) is 30.7 Å². The molecule has 1 aromatic heterocycles. The fourth-order valence-corrected chi connectivity index (χ4v) is 2.22. The van der Waals surface area contributed by atoms with Gasteiger partial charge in [0, 0.05) is 17.3 Å². The molecule has 2 rings (SSSR count). The zero-order valence-corrected chi connectivity index (χ0v) is 12.5. The molecule has 0 amide bonds. The Morgan fingerprint density at radius 2 is 1.90 bits per heavy atom. The van der Waals surface area contributed by atoms with Gasteiger partial charge in [-0.15, -0.1) is 10.2 Å². The number of nitrogens with one attached hydrogen (secondary N) is 1. The van der Waals surface area contributed by atoms with E-state index in [4.69, 9.17) is 4.42 Å². The number of anilines is 1. The van der Waals surface area contributed by atoms with Crippen molar-refractivity contribution in [2.24, 2.45) is 5.92 Å². The zero-order valence-electron chi connectivity index (χ0n) is 12.5. The Hall–Kier alpha value is -1.84. The van der Waals surface area contributed by atoms with Crippen LogP contribution in [0.5, 0.6) is 0 Å². The first-order valence-corrected chi connectivity index (χ1v) is 7.36. The lowest BCUT2D eigenvalue weighted by Gasteiger charge is -2.21. The van der Waals surface area contributed by atoms with E-state index in [1.165, 1.54) is 19.2 Å². The van der Waals surface area contributed by atoms with Gasteiger partial charge in [0.15, 0.2) is 0 Å². The predicted octanol–water partition coefficient (Wildman–Crippen LogP) is 4.36. The molecule has 0 aliphatic carbocycles. The van der Waals surface area contributed by atoms with Crippen molar-refractivity contribution in [3.8, 4) is 11.5 Å². The standard InChI is InChI=1S/C16H23N3O/c1-4-12(3)10-14(5-2)18-15-8-6-13(7-9-15)16-19-17-11-20-16/h6-9,11-12,14,18H,4-5,10H2,1-3H3. The van der Waals surface area contributed by atoms with Crippen LogP contribution in [0.1, 0.15) is 40.0 Å². The van der Waals surface area contributed by atoms with E-state index in [9.17, 15) is 0 Å². The highest BCUT2D eigenvalue weighted by Gasteiger charge is 2.10. The van der Waals surface area contributed by atoms with Gasteiger partial charge in [-0.3, -0.25) is 0 Å². The summed E-state index contributed by atoms with van der Waals surface area (Å²) < 4.78 is 5.19. The monoisotopic (exact) mass is 273 g/mol. The molecular weight excluding hydrogens is 250 g/mol. The number of rotatable bonds is 7. The third kappa shape index (κ3) is 3.83. The largest absolute Gasteiger partial charge is 0.423 e. The number of hydrogen-bond acceptors (Lipinski definition) is 4. The maximum Gasteiger partial charge on any atom is 0.247 e. The fraction of sp³-hybridized carbons (Fsp3) is 0.500. The summed E-state index contributed by atoms with van der Waals surface area (Å²) in [6, 6.07) is 8.68. The van der Waals surface area contributed by atoms with Gasteiger partial charge in [-0.25, -0.2) is 0 Å². The number of nitrogens with zero attached hydrogens (tertiary/aromatic N) is 2. The number of aromatic nitrogens is 2. The Kier molecular flexibility index (Phi) is 5.16. The molecule has 4 nitrogen and oxygen atoms in total. The third-order valence-corrected chi connectivity index (χ3v) is 3.74. The minimum atomic E-state index is 0.527. The molecule has 20 heavy (non-hydrogen) atoms. The smallest absolute Gasteiger partial charge is 0.247 e. The van der Waals surface area contributed by atoms with E-state index >= 15 is 0 Å². The van der Waals surface area contributed by atoms with Crippen LogP contribution in [-0.2, 0) is 0 Å². The molecule has 1 heterocycles. The maximum absolute atomic E-state index is 5.19. The second-order valence-corrected chi connectivity index (χ2v) is 5.32. The van der Waals surface area contributed by atoms with Crippen LogP contribution >= 0.6 is 0 Å². The maximum atomic E-state index is 5.19. The van der Waals surface area contributed by atoms with Crippen molar-refractivity contribution in [1.29, 1.82) is 0 Å². The third-order valence-electron chi connectivity index (χ3n) is 3.74. The molecule has 0 aliphatic rings. The van der Waals surface area contributed by atoms with Crippen LogP contribution in [0, 0.1) is 5.92 Å². The molecule has 1 N–H and O–H groups in total. The van der Waals surface area contributed by atoms with E-state index in [0.717, 1.165) is 23.6 Å². The van der Waals surface area contributed by atoms with Crippen LogP contribution in [0.15, 0.2) is 35.1 Å². The van der Waals surface area contributed by atoms with Crippen molar-refractivity contribution >= 4 is 5.69 Å². The molecule has 0 aliphatic heterocycles. The molecule has 0 saturated heterocycles. The SMILES string of the molecule is CCC(C)CC(CC)Nc1ccc(-c2nnco2)cc1. The lowest BCUT2D eigenvalue weighted by Crippen LogP contribution is -2.21. The summed E-state index contributed by atoms with van der Waals surface area (Å²) in [5, 5.41) is 11.2. The second-order valence-electron chi connectivity index (χ2n) is 5.32. The van der Waals surface area contributed by atoms with E-state index in [0.29, 0.717) is 11.9 Å². The van der Waals surface area contributed by atoms with Gasteiger partial charge in [-0.05, 0) is 43.0 Å². The van der Waals surface area contributed by atoms with Crippen LogP contribution in [0.25, 0.3) is 11.5 Å². The summed E-state index contributed by atoms with van der Waals surface area (Å²) >= 11 is 0. The van der Waals surface area contributed by atoms with Crippen LogP contribution in [0.4, 0.5) is 5.69 Å². The van der Waals surface area contributed by atoms with E-state index in [-0.39, 0.29) is 0 Å². The number of hydrogen-bond donors (Lipinski definition) is 1.